The molecule has 0 unspecified atom stereocenters. The van der Waals surface area contributed by atoms with Gasteiger partial charge >= 0.3 is 5.69 Å². The maximum atomic E-state index is 11.2. The van der Waals surface area contributed by atoms with E-state index in [-0.39, 0.29) is 10.6 Å². The van der Waals surface area contributed by atoms with Crippen molar-refractivity contribution in [3.05, 3.63) is 15.8 Å². The Kier molecular flexibility index (Phi) is 6.27. The zero-order valence-electron chi connectivity index (χ0n) is 11.8. The molecule has 1 aromatic heterocycles. The Morgan fingerprint density at radius 2 is 2.21 bits per heavy atom. The highest BCUT2D eigenvalue weighted by Crippen LogP contribution is 2.28. The first-order chi connectivity index (χ1) is 9.11. The summed E-state index contributed by atoms with van der Waals surface area (Å²) in [4.78, 5) is 10.8. The number of aromatic nitrogens is 2. The van der Waals surface area contributed by atoms with E-state index in [2.05, 4.69) is 10.4 Å². The molecular formula is C12H22N4O3. The molecule has 0 radical (unpaired) electrons. The molecule has 108 valence electrons. The second-order valence-electron chi connectivity index (χ2n) is 4.25. The van der Waals surface area contributed by atoms with Crippen LogP contribution in [-0.2, 0) is 18.2 Å². The zero-order chi connectivity index (χ0) is 14.3. The number of aryl methyl sites for hydroxylation is 2. The average Bonchev–Trinajstić information content (AvgIpc) is 2.66. The molecule has 0 aromatic carbocycles. The molecular weight excluding hydrogens is 248 g/mol. The molecule has 1 aromatic rings. The van der Waals surface area contributed by atoms with E-state index in [1.54, 1.807) is 11.7 Å². The maximum Gasteiger partial charge on any atom is 0.333 e. The quantitative estimate of drug-likeness (QED) is 0.422. The Labute approximate surface area is 113 Å². The van der Waals surface area contributed by atoms with Crippen LogP contribution in [-0.4, -0.2) is 34.5 Å². The van der Waals surface area contributed by atoms with Gasteiger partial charge in [0.25, 0.3) is 0 Å². The van der Waals surface area contributed by atoms with Gasteiger partial charge in [0.2, 0.25) is 5.82 Å². The lowest BCUT2D eigenvalue weighted by atomic mass is 10.2. The van der Waals surface area contributed by atoms with Crippen LogP contribution in [0.15, 0.2) is 0 Å². The summed E-state index contributed by atoms with van der Waals surface area (Å²) in [5.41, 5.74) is 0.642. The molecule has 0 atom stereocenters. The fourth-order valence-electron chi connectivity index (χ4n) is 1.89. The first-order valence-electron chi connectivity index (χ1n) is 6.63. The van der Waals surface area contributed by atoms with Crippen LogP contribution in [0, 0.1) is 10.1 Å². The largest absolute Gasteiger partial charge is 0.382 e. The molecule has 1 heterocycles. The minimum atomic E-state index is -0.358. The van der Waals surface area contributed by atoms with E-state index < -0.39 is 0 Å². The van der Waals surface area contributed by atoms with Crippen molar-refractivity contribution < 1.29 is 9.66 Å². The number of ether oxygens (including phenoxy) is 1. The minimum absolute atomic E-state index is 0.0979. The number of hydrogen-bond acceptors (Lipinski definition) is 5. The normalized spacial score (nSPS) is 10.7. The fourth-order valence-corrected chi connectivity index (χ4v) is 1.89. The Hall–Kier alpha value is -1.63. The molecule has 0 bridgehead atoms. The molecule has 0 aliphatic rings. The van der Waals surface area contributed by atoms with E-state index in [0.717, 1.165) is 12.8 Å². The van der Waals surface area contributed by atoms with Crippen LogP contribution in [0.2, 0.25) is 0 Å². The van der Waals surface area contributed by atoms with Crippen molar-refractivity contribution >= 4 is 11.5 Å². The van der Waals surface area contributed by atoms with E-state index in [1.807, 2.05) is 13.8 Å². The molecule has 0 saturated heterocycles. The van der Waals surface area contributed by atoms with Gasteiger partial charge in [-0.05, 0) is 19.8 Å². The predicted octanol–water partition coefficient (Wildman–Crippen LogP) is 2.12. The third kappa shape index (κ3) is 4.20. The van der Waals surface area contributed by atoms with Crippen molar-refractivity contribution in [2.24, 2.45) is 7.05 Å². The fraction of sp³-hybridized carbons (Fsp3) is 0.750. The molecule has 7 nitrogen and oxygen atoms in total. The van der Waals surface area contributed by atoms with Gasteiger partial charge in [-0.1, -0.05) is 13.3 Å². The van der Waals surface area contributed by atoms with Gasteiger partial charge in [-0.2, -0.15) is 5.10 Å². The molecule has 19 heavy (non-hydrogen) atoms. The lowest BCUT2D eigenvalue weighted by Gasteiger charge is -2.06. The van der Waals surface area contributed by atoms with Crippen molar-refractivity contribution in [2.75, 3.05) is 25.1 Å². The summed E-state index contributed by atoms with van der Waals surface area (Å²) in [5.74, 6) is 0.477. The van der Waals surface area contributed by atoms with E-state index >= 15 is 0 Å². The van der Waals surface area contributed by atoms with E-state index in [9.17, 15) is 10.1 Å². The third-order valence-corrected chi connectivity index (χ3v) is 2.72. The monoisotopic (exact) mass is 270 g/mol. The molecule has 0 fully saturated rings. The summed E-state index contributed by atoms with van der Waals surface area (Å²) >= 11 is 0. The van der Waals surface area contributed by atoms with E-state index in [4.69, 9.17) is 4.74 Å². The summed E-state index contributed by atoms with van der Waals surface area (Å²) in [7, 11) is 1.72. The minimum Gasteiger partial charge on any atom is -0.382 e. The lowest BCUT2D eigenvalue weighted by Crippen LogP contribution is -2.10. The van der Waals surface area contributed by atoms with Crippen LogP contribution in [0.3, 0.4) is 0 Å². The Morgan fingerprint density at radius 1 is 1.47 bits per heavy atom. The molecule has 0 amide bonds. The van der Waals surface area contributed by atoms with Gasteiger partial charge in [-0.3, -0.25) is 10.1 Å². The van der Waals surface area contributed by atoms with Crippen LogP contribution in [0.5, 0.6) is 0 Å². The number of nitrogens with zero attached hydrogens (tertiary/aromatic N) is 3. The standard InChI is InChI=1S/C12H22N4O3/c1-4-7-10-11(16(17)18)12(15(3)14-10)13-8-6-9-19-5-2/h13H,4-9H2,1-3H3. The number of rotatable bonds is 9. The summed E-state index contributed by atoms with van der Waals surface area (Å²) in [6.45, 7) is 5.89. The summed E-state index contributed by atoms with van der Waals surface area (Å²) < 4.78 is 6.77. The molecule has 1 rings (SSSR count). The topological polar surface area (TPSA) is 82.2 Å². The van der Waals surface area contributed by atoms with Crippen LogP contribution >= 0.6 is 0 Å². The Morgan fingerprint density at radius 3 is 2.79 bits per heavy atom. The lowest BCUT2D eigenvalue weighted by molar-refractivity contribution is -0.384. The smallest absolute Gasteiger partial charge is 0.333 e. The summed E-state index contributed by atoms with van der Waals surface area (Å²) in [6.07, 6.45) is 2.26. The molecule has 0 aliphatic heterocycles. The van der Waals surface area contributed by atoms with Crippen LogP contribution < -0.4 is 5.32 Å². The number of nitrogens with one attached hydrogen (secondary N) is 1. The first kappa shape index (κ1) is 15.4. The number of hydrogen-bond donors (Lipinski definition) is 1. The van der Waals surface area contributed by atoms with Crippen molar-refractivity contribution in [2.45, 2.75) is 33.1 Å². The molecule has 0 saturated carbocycles. The van der Waals surface area contributed by atoms with Crippen molar-refractivity contribution in [3.63, 3.8) is 0 Å². The van der Waals surface area contributed by atoms with Gasteiger partial charge in [0.15, 0.2) is 0 Å². The Bertz CT molecular complexity index is 417. The highest BCUT2D eigenvalue weighted by molar-refractivity contribution is 5.59. The van der Waals surface area contributed by atoms with E-state index in [0.29, 0.717) is 37.7 Å². The van der Waals surface area contributed by atoms with Gasteiger partial charge in [-0.25, -0.2) is 4.68 Å². The Balaban J connectivity index is 2.72. The first-order valence-corrected chi connectivity index (χ1v) is 6.63. The predicted molar refractivity (Wildman–Crippen MR) is 73.5 cm³/mol. The second kappa shape index (κ2) is 7.73. The van der Waals surface area contributed by atoms with Gasteiger partial charge in [-0.15, -0.1) is 0 Å². The highest BCUT2D eigenvalue weighted by Gasteiger charge is 2.25. The van der Waals surface area contributed by atoms with Gasteiger partial charge in [0.1, 0.15) is 5.69 Å². The average molecular weight is 270 g/mol. The number of nitro groups is 1. The maximum absolute atomic E-state index is 11.2. The molecule has 0 spiro atoms. The SMILES string of the molecule is CCCc1nn(C)c(NCCCOCC)c1[N+](=O)[O-]. The summed E-state index contributed by atoms with van der Waals surface area (Å²) in [5, 5.41) is 18.5. The molecule has 1 N–H and O–H groups in total. The second-order valence-corrected chi connectivity index (χ2v) is 4.25. The van der Waals surface area contributed by atoms with Gasteiger partial charge in [0, 0.05) is 26.8 Å². The van der Waals surface area contributed by atoms with Crippen molar-refractivity contribution in [1.82, 2.24) is 9.78 Å². The molecule has 7 heteroatoms. The van der Waals surface area contributed by atoms with Crippen LogP contribution in [0.4, 0.5) is 11.5 Å². The van der Waals surface area contributed by atoms with E-state index in [1.165, 1.54) is 0 Å². The van der Waals surface area contributed by atoms with Crippen molar-refractivity contribution in [1.29, 1.82) is 0 Å². The van der Waals surface area contributed by atoms with Crippen LogP contribution in [0.1, 0.15) is 32.4 Å². The molecule has 0 aliphatic carbocycles. The summed E-state index contributed by atoms with van der Waals surface area (Å²) in [6, 6.07) is 0. The number of anilines is 1. The third-order valence-electron chi connectivity index (χ3n) is 2.72. The highest BCUT2D eigenvalue weighted by atomic mass is 16.6. The van der Waals surface area contributed by atoms with Crippen LogP contribution in [0.25, 0.3) is 0 Å². The van der Waals surface area contributed by atoms with Gasteiger partial charge in [0.05, 0.1) is 4.92 Å². The zero-order valence-corrected chi connectivity index (χ0v) is 11.8. The van der Waals surface area contributed by atoms with Gasteiger partial charge < -0.3 is 10.1 Å². The van der Waals surface area contributed by atoms with Crippen molar-refractivity contribution in [3.8, 4) is 0 Å².